The average molecular weight is 336 g/mol. The summed E-state index contributed by atoms with van der Waals surface area (Å²) in [6, 6.07) is 6.48. The van der Waals surface area contributed by atoms with Crippen LogP contribution in [0.1, 0.15) is 51.4 Å². The molecule has 0 radical (unpaired) electrons. The van der Waals surface area contributed by atoms with Crippen molar-refractivity contribution < 1.29 is 13.2 Å². The molecule has 0 heterocycles. The summed E-state index contributed by atoms with van der Waals surface area (Å²) in [6.07, 6.45) is 8.19. The molecule has 0 spiro atoms. The van der Waals surface area contributed by atoms with Crippen molar-refractivity contribution in [1.82, 2.24) is 4.72 Å². The molecule has 3 rings (SSSR count). The molecule has 2 N–H and O–H groups in total. The number of carbonyl (C=O) groups excluding carboxylic acids is 1. The summed E-state index contributed by atoms with van der Waals surface area (Å²) in [5.74, 6) is 0.151. The van der Waals surface area contributed by atoms with Crippen LogP contribution < -0.4 is 10.0 Å². The summed E-state index contributed by atoms with van der Waals surface area (Å²) in [6.45, 7) is 0. The van der Waals surface area contributed by atoms with E-state index in [4.69, 9.17) is 0 Å². The lowest BCUT2D eigenvalue weighted by Gasteiger charge is -2.24. The highest BCUT2D eigenvalue weighted by Gasteiger charge is 2.25. The number of rotatable bonds is 5. The van der Waals surface area contributed by atoms with Gasteiger partial charge in [0.1, 0.15) is 0 Å². The molecule has 1 amide bonds. The lowest BCUT2D eigenvalue weighted by molar-refractivity contribution is -0.122. The molecule has 0 aliphatic heterocycles. The van der Waals surface area contributed by atoms with Crippen LogP contribution in [0, 0.1) is 5.92 Å². The van der Waals surface area contributed by atoms with E-state index in [-0.39, 0.29) is 22.8 Å². The maximum atomic E-state index is 12.4. The van der Waals surface area contributed by atoms with E-state index in [9.17, 15) is 13.2 Å². The standard InChI is InChI=1S/C17H24N2O3S/c20-17(13-5-4-6-13)18-14-9-11-16(12-10-14)23(21,22)19-15-7-2-1-3-8-15/h9-13,15,19H,1-8H2,(H,18,20). The van der Waals surface area contributed by atoms with Crippen LogP contribution in [0.5, 0.6) is 0 Å². The molecule has 0 bridgehead atoms. The summed E-state index contributed by atoms with van der Waals surface area (Å²) in [5, 5.41) is 2.85. The van der Waals surface area contributed by atoms with Crippen LogP contribution in [0.25, 0.3) is 0 Å². The van der Waals surface area contributed by atoms with Crippen molar-refractivity contribution in [3.05, 3.63) is 24.3 Å². The van der Waals surface area contributed by atoms with Gasteiger partial charge in [-0.1, -0.05) is 25.7 Å². The van der Waals surface area contributed by atoms with Gasteiger partial charge in [-0.2, -0.15) is 0 Å². The molecule has 1 aromatic rings. The Balaban J connectivity index is 1.62. The Morgan fingerprint density at radius 2 is 1.57 bits per heavy atom. The highest BCUT2D eigenvalue weighted by atomic mass is 32.2. The Hall–Kier alpha value is -1.40. The molecule has 1 aromatic carbocycles. The van der Waals surface area contributed by atoms with E-state index in [1.165, 1.54) is 6.42 Å². The highest BCUT2D eigenvalue weighted by Crippen LogP contribution is 2.28. The first-order chi connectivity index (χ1) is 11.0. The van der Waals surface area contributed by atoms with Gasteiger partial charge in [-0.05, 0) is 49.9 Å². The quantitative estimate of drug-likeness (QED) is 0.868. The SMILES string of the molecule is O=C(Nc1ccc(S(=O)(=O)NC2CCCCC2)cc1)C1CCC1. The first kappa shape index (κ1) is 16.5. The van der Waals surface area contributed by atoms with E-state index in [0.29, 0.717) is 5.69 Å². The van der Waals surface area contributed by atoms with E-state index in [1.54, 1.807) is 24.3 Å². The van der Waals surface area contributed by atoms with Gasteiger partial charge in [0.05, 0.1) is 4.90 Å². The number of benzene rings is 1. The minimum absolute atomic E-state index is 0.0344. The van der Waals surface area contributed by atoms with Gasteiger partial charge in [-0.25, -0.2) is 13.1 Å². The van der Waals surface area contributed by atoms with E-state index in [1.807, 2.05) is 0 Å². The van der Waals surface area contributed by atoms with Crippen LogP contribution in [0.15, 0.2) is 29.2 Å². The second kappa shape index (κ2) is 7.01. The number of carbonyl (C=O) groups is 1. The molecule has 23 heavy (non-hydrogen) atoms. The number of hydrogen-bond donors (Lipinski definition) is 2. The fraction of sp³-hybridized carbons (Fsp3) is 0.588. The lowest BCUT2D eigenvalue weighted by atomic mass is 9.85. The fourth-order valence-corrected chi connectivity index (χ4v) is 4.45. The largest absolute Gasteiger partial charge is 0.326 e. The van der Waals surface area contributed by atoms with Crippen molar-refractivity contribution in [1.29, 1.82) is 0 Å². The van der Waals surface area contributed by atoms with Gasteiger partial charge in [0.25, 0.3) is 0 Å². The van der Waals surface area contributed by atoms with Crippen LogP contribution in [0.4, 0.5) is 5.69 Å². The van der Waals surface area contributed by atoms with E-state index in [2.05, 4.69) is 10.0 Å². The van der Waals surface area contributed by atoms with Gasteiger partial charge < -0.3 is 5.32 Å². The first-order valence-electron chi connectivity index (χ1n) is 8.48. The first-order valence-corrected chi connectivity index (χ1v) is 9.96. The van der Waals surface area contributed by atoms with Gasteiger partial charge in [0.15, 0.2) is 0 Å². The Kier molecular flexibility index (Phi) is 5.02. The summed E-state index contributed by atoms with van der Waals surface area (Å²) in [5.41, 5.74) is 0.651. The van der Waals surface area contributed by atoms with Crippen LogP contribution in [-0.2, 0) is 14.8 Å². The maximum absolute atomic E-state index is 12.4. The van der Waals surface area contributed by atoms with Gasteiger partial charge in [0.2, 0.25) is 15.9 Å². The smallest absolute Gasteiger partial charge is 0.240 e. The molecule has 0 atom stereocenters. The highest BCUT2D eigenvalue weighted by molar-refractivity contribution is 7.89. The van der Waals surface area contributed by atoms with Gasteiger partial charge >= 0.3 is 0 Å². The molecule has 126 valence electrons. The zero-order valence-electron chi connectivity index (χ0n) is 13.3. The molecule has 6 heteroatoms. The second-order valence-electron chi connectivity index (χ2n) is 6.60. The van der Waals surface area contributed by atoms with Crippen molar-refractivity contribution in [3.63, 3.8) is 0 Å². The topological polar surface area (TPSA) is 75.3 Å². The summed E-state index contributed by atoms with van der Waals surface area (Å²) in [7, 11) is -3.48. The average Bonchev–Trinajstić information content (AvgIpc) is 2.46. The Labute approximate surface area is 137 Å². The number of hydrogen-bond acceptors (Lipinski definition) is 3. The fourth-order valence-electron chi connectivity index (χ4n) is 3.14. The monoisotopic (exact) mass is 336 g/mol. The summed E-state index contributed by atoms with van der Waals surface area (Å²) in [4.78, 5) is 12.2. The predicted octanol–water partition coefficient (Wildman–Crippen LogP) is 3.04. The molecular formula is C17H24N2O3S. The van der Waals surface area contributed by atoms with Crippen molar-refractivity contribution >= 4 is 21.6 Å². The molecule has 2 aliphatic carbocycles. The van der Waals surface area contributed by atoms with Crippen LogP contribution >= 0.6 is 0 Å². The molecule has 0 saturated heterocycles. The third-order valence-electron chi connectivity index (χ3n) is 4.84. The predicted molar refractivity (Wildman–Crippen MR) is 89.6 cm³/mol. The summed E-state index contributed by atoms with van der Waals surface area (Å²) >= 11 is 0. The molecule has 0 unspecified atom stereocenters. The second-order valence-corrected chi connectivity index (χ2v) is 8.31. The van der Waals surface area contributed by atoms with Gasteiger partial charge in [-0.15, -0.1) is 0 Å². The van der Waals surface area contributed by atoms with Crippen molar-refractivity contribution in [2.24, 2.45) is 5.92 Å². The number of nitrogens with one attached hydrogen (secondary N) is 2. The molecule has 2 fully saturated rings. The minimum Gasteiger partial charge on any atom is -0.326 e. The molecule has 2 saturated carbocycles. The van der Waals surface area contributed by atoms with Crippen LogP contribution in [-0.4, -0.2) is 20.4 Å². The minimum atomic E-state index is -3.48. The Morgan fingerprint density at radius 1 is 0.913 bits per heavy atom. The van der Waals surface area contributed by atoms with Gasteiger partial charge in [0, 0.05) is 17.6 Å². The van der Waals surface area contributed by atoms with Crippen LogP contribution in [0.3, 0.4) is 0 Å². The summed E-state index contributed by atoms with van der Waals surface area (Å²) < 4.78 is 27.6. The maximum Gasteiger partial charge on any atom is 0.240 e. The number of sulfonamides is 1. The molecule has 0 aromatic heterocycles. The van der Waals surface area contributed by atoms with Gasteiger partial charge in [-0.3, -0.25) is 4.79 Å². The zero-order valence-corrected chi connectivity index (χ0v) is 14.1. The number of anilines is 1. The van der Waals surface area contributed by atoms with Crippen molar-refractivity contribution in [2.75, 3.05) is 5.32 Å². The third kappa shape index (κ3) is 4.12. The van der Waals surface area contributed by atoms with E-state index in [0.717, 1.165) is 44.9 Å². The van der Waals surface area contributed by atoms with E-state index < -0.39 is 10.0 Å². The zero-order chi connectivity index (χ0) is 16.3. The third-order valence-corrected chi connectivity index (χ3v) is 6.37. The molecule has 5 nitrogen and oxygen atoms in total. The van der Waals surface area contributed by atoms with Crippen molar-refractivity contribution in [2.45, 2.75) is 62.3 Å². The number of amides is 1. The molecule has 2 aliphatic rings. The van der Waals surface area contributed by atoms with Crippen molar-refractivity contribution in [3.8, 4) is 0 Å². The van der Waals surface area contributed by atoms with Crippen LogP contribution in [0.2, 0.25) is 0 Å². The normalized spacial score (nSPS) is 20.0. The lowest BCUT2D eigenvalue weighted by Crippen LogP contribution is -2.36. The Morgan fingerprint density at radius 3 is 2.13 bits per heavy atom. The molecular weight excluding hydrogens is 312 g/mol. The Bertz CT molecular complexity index is 645. The van der Waals surface area contributed by atoms with E-state index >= 15 is 0 Å².